The monoisotopic (exact) mass is 416 g/mol. The van der Waals surface area contributed by atoms with Crippen molar-refractivity contribution in [3.05, 3.63) is 35.9 Å². The molecule has 5 atom stereocenters. The second-order valence-corrected chi connectivity index (χ2v) is 7.10. The van der Waals surface area contributed by atoms with Crippen molar-refractivity contribution >= 4 is 0 Å². The van der Waals surface area contributed by atoms with Crippen LogP contribution in [0.15, 0.2) is 30.3 Å². The molecular formula is C20H36N2O7. The van der Waals surface area contributed by atoms with Crippen LogP contribution in [0.5, 0.6) is 0 Å². The second kappa shape index (κ2) is 14.8. The van der Waals surface area contributed by atoms with Gasteiger partial charge in [-0.05, 0) is 24.9 Å². The van der Waals surface area contributed by atoms with Gasteiger partial charge in [0.05, 0.1) is 38.1 Å². The summed E-state index contributed by atoms with van der Waals surface area (Å²) in [6.07, 6.45) is -3.71. The molecule has 0 amide bonds. The van der Waals surface area contributed by atoms with Gasteiger partial charge in [-0.2, -0.15) is 0 Å². The van der Waals surface area contributed by atoms with Crippen molar-refractivity contribution in [2.45, 2.75) is 43.4 Å². The van der Waals surface area contributed by atoms with Crippen LogP contribution in [0.25, 0.3) is 0 Å². The van der Waals surface area contributed by atoms with Crippen molar-refractivity contribution in [3.8, 4) is 0 Å². The van der Waals surface area contributed by atoms with E-state index in [1.807, 2.05) is 30.3 Å². The zero-order valence-electron chi connectivity index (χ0n) is 16.8. The van der Waals surface area contributed by atoms with E-state index in [9.17, 15) is 20.4 Å². The van der Waals surface area contributed by atoms with Crippen LogP contribution in [-0.4, -0.2) is 106 Å². The fourth-order valence-corrected chi connectivity index (χ4v) is 2.91. The van der Waals surface area contributed by atoms with Gasteiger partial charge in [0.1, 0.15) is 12.2 Å². The molecule has 0 bridgehead atoms. The molecule has 9 heteroatoms. The number of nitrogens with two attached hydrogens (primary N) is 1. The van der Waals surface area contributed by atoms with Gasteiger partial charge in [-0.25, -0.2) is 0 Å². The molecule has 0 aromatic heterocycles. The zero-order chi connectivity index (χ0) is 21.6. The van der Waals surface area contributed by atoms with E-state index in [4.69, 9.17) is 20.7 Å². The van der Waals surface area contributed by atoms with Gasteiger partial charge in [0, 0.05) is 19.6 Å². The molecule has 0 heterocycles. The summed E-state index contributed by atoms with van der Waals surface area (Å²) in [5.41, 5.74) is 6.64. The van der Waals surface area contributed by atoms with Gasteiger partial charge in [0.25, 0.3) is 0 Å². The molecule has 0 aliphatic carbocycles. The number of aliphatic hydroxyl groups excluding tert-OH is 6. The van der Waals surface area contributed by atoms with Gasteiger partial charge in [-0.3, -0.25) is 4.90 Å². The minimum Gasteiger partial charge on any atom is -0.394 e. The third-order valence-corrected chi connectivity index (χ3v) is 4.72. The number of nitrogens with zero attached hydrogens (tertiary/aromatic N) is 1. The Bertz CT molecular complexity index is 505. The summed E-state index contributed by atoms with van der Waals surface area (Å²) in [5.74, 6) is 0. The third-order valence-electron chi connectivity index (χ3n) is 4.72. The number of aliphatic hydroxyl groups is 6. The standard InChI is InChI=1S/C20H36N2O7/c21-8-4-7-20(15-5-2-1-3-6-15)29-10-9-22(11-16(25)18(27)13-23)12-17(26)19(28)14-24/h1-3,5-6,16-20,23-28H,4,7-14,21H2/t16-,17-,18+,19+,20?/m0/s1. The van der Waals surface area contributed by atoms with Gasteiger partial charge >= 0.3 is 0 Å². The van der Waals surface area contributed by atoms with E-state index in [2.05, 4.69) is 0 Å². The molecule has 1 aromatic rings. The van der Waals surface area contributed by atoms with Gasteiger partial charge in [-0.15, -0.1) is 0 Å². The highest BCUT2D eigenvalue weighted by molar-refractivity contribution is 5.17. The first-order chi connectivity index (χ1) is 13.9. The largest absolute Gasteiger partial charge is 0.394 e. The predicted octanol–water partition coefficient (Wildman–Crippen LogP) is -1.79. The highest BCUT2D eigenvalue weighted by atomic mass is 16.5. The quantitative estimate of drug-likeness (QED) is 0.165. The SMILES string of the molecule is NCCCC(OCCN(C[C@H](O)[C@H](O)CO)C[C@H](O)[C@H](O)CO)c1ccccc1. The molecule has 9 nitrogen and oxygen atoms in total. The van der Waals surface area contributed by atoms with Crippen molar-refractivity contribution in [1.29, 1.82) is 0 Å². The molecule has 0 saturated heterocycles. The Balaban J connectivity index is 2.69. The maximum atomic E-state index is 10.00. The predicted molar refractivity (Wildman–Crippen MR) is 108 cm³/mol. The first kappa shape index (κ1) is 25.9. The first-order valence-electron chi connectivity index (χ1n) is 9.95. The second-order valence-electron chi connectivity index (χ2n) is 7.10. The van der Waals surface area contributed by atoms with Crippen molar-refractivity contribution in [2.24, 2.45) is 5.73 Å². The molecule has 0 spiro atoms. The van der Waals surface area contributed by atoms with Crippen molar-refractivity contribution in [3.63, 3.8) is 0 Å². The topological polar surface area (TPSA) is 160 Å². The molecule has 168 valence electrons. The highest BCUT2D eigenvalue weighted by Gasteiger charge is 2.24. The molecule has 0 fully saturated rings. The lowest BCUT2D eigenvalue weighted by atomic mass is 10.0. The molecule has 1 aromatic carbocycles. The number of ether oxygens (including phenoxy) is 1. The molecule has 29 heavy (non-hydrogen) atoms. The summed E-state index contributed by atoms with van der Waals surface area (Å²) < 4.78 is 6.01. The Morgan fingerprint density at radius 3 is 1.90 bits per heavy atom. The summed E-state index contributed by atoms with van der Waals surface area (Å²) >= 11 is 0. The van der Waals surface area contributed by atoms with Gasteiger partial charge in [-0.1, -0.05) is 30.3 Å². The van der Waals surface area contributed by atoms with Crippen LogP contribution in [0.3, 0.4) is 0 Å². The molecule has 8 N–H and O–H groups in total. The third kappa shape index (κ3) is 9.94. The fourth-order valence-electron chi connectivity index (χ4n) is 2.91. The lowest BCUT2D eigenvalue weighted by Gasteiger charge is -2.30. The molecule has 0 aliphatic rings. The van der Waals surface area contributed by atoms with Crippen molar-refractivity contribution < 1.29 is 35.4 Å². The van der Waals surface area contributed by atoms with E-state index < -0.39 is 37.6 Å². The minimum atomic E-state index is -1.32. The summed E-state index contributed by atoms with van der Waals surface area (Å²) in [4.78, 5) is 1.61. The van der Waals surface area contributed by atoms with E-state index in [0.29, 0.717) is 13.1 Å². The normalized spacial score (nSPS) is 17.1. The van der Waals surface area contributed by atoms with E-state index in [0.717, 1.165) is 18.4 Å². The summed E-state index contributed by atoms with van der Waals surface area (Å²) in [7, 11) is 0. The Morgan fingerprint density at radius 2 is 1.41 bits per heavy atom. The van der Waals surface area contributed by atoms with Crippen molar-refractivity contribution in [2.75, 3.05) is 46.0 Å². The van der Waals surface area contributed by atoms with Gasteiger partial charge in [0.15, 0.2) is 0 Å². The van der Waals surface area contributed by atoms with Crippen LogP contribution >= 0.6 is 0 Å². The lowest BCUT2D eigenvalue weighted by Crippen LogP contribution is -2.47. The minimum absolute atomic E-state index is 0.0426. The molecule has 1 unspecified atom stereocenters. The number of hydrogen-bond donors (Lipinski definition) is 7. The molecule has 0 saturated carbocycles. The Morgan fingerprint density at radius 1 is 0.862 bits per heavy atom. The molecular weight excluding hydrogens is 380 g/mol. The average molecular weight is 417 g/mol. The van der Waals surface area contributed by atoms with Crippen LogP contribution in [0, 0.1) is 0 Å². The molecule has 0 radical (unpaired) electrons. The van der Waals surface area contributed by atoms with Gasteiger partial charge in [0.2, 0.25) is 0 Å². The fraction of sp³-hybridized carbons (Fsp3) is 0.700. The van der Waals surface area contributed by atoms with Gasteiger partial charge < -0.3 is 41.1 Å². The highest BCUT2D eigenvalue weighted by Crippen LogP contribution is 2.22. The number of benzene rings is 1. The summed E-state index contributed by atoms with van der Waals surface area (Å²) in [5, 5.41) is 57.2. The van der Waals surface area contributed by atoms with E-state index in [-0.39, 0.29) is 25.8 Å². The van der Waals surface area contributed by atoms with Crippen LogP contribution in [0.1, 0.15) is 24.5 Å². The van der Waals surface area contributed by atoms with Crippen LogP contribution in [0.4, 0.5) is 0 Å². The van der Waals surface area contributed by atoms with Crippen LogP contribution in [0.2, 0.25) is 0 Å². The zero-order valence-corrected chi connectivity index (χ0v) is 16.8. The summed E-state index contributed by atoms with van der Waals surface area (Å²) in [6, 6.07) is 9.73. The number of hydrogen-bond acceptors (Lipinski definition) is 9. The van der Waals surface area contributed by atoms with E-state index in [1.54, 1.807) is 4.90 Å². The Hall–Kier alpha value is -1.14. The number of rotatable bonds is 16. The first-order valence-corrected chi connectivity index (χ1v) is 9.95. The molecule has 1 rings (SSSR count). The van der Waals surface area contributed by atoms with E-state index >= 15 is 0 Å². The lowest BCUT2D eigenvalue weighted by molar-refractivity contribution is -0.0605. The summed E-state index contributed by atoms with van der Waals surface area (Å²) in [6.45, 7) is -0.150. The van der Waals surface area contributed by atoms with Crippen LogP contribution < -0.4 is 5.73 Å². The Kier molecular flexibility index (Phi) is 13.2. The maximum Gasteiger partial charge on any atom is 0.104 e. The van der Waals surface area contributed by atoms with Crippen LogP contribution in [-0.2, 0) is 4.74 Å². The Labute approximate surface area is 172 Å². The van der Waals surface area contributed by atoms with E-state index in [1.165, 1.54) is 0 Å². The molecule has 0 aliphatic heterocycles. The smallest absolute Gasteiger partial charge is 0.104 e. The average Bonchev–Trinajstić information content (AvgIpc) is 2.75. The van der Waals surface area contributed by atoms with Crippen molar-refractivity contribution in [1.82, 2.24) is 4.90 Å². The maximum absolute atomic E-state index is 10.00.